The number of rotatable bonds is 4. The Hall–Kier alpha value is -1.46. The third-order valence-corrected chi connectivity index (χ3v) is 5.38. The van der Waals surface area contributed by atoms with Gasteiger partial charge in [0, 0.05) is 25.7 Å². The molecule has 2 saturated heterocycles. The highest BCUT2D eigenvalue weighted by Gasteiger charge is 2.24. The summed E-state index contributed by atoms with van der Waals surface area (Å²) < 4.78 is 2.41. The monoisotopic (exact) mass is 313 g/mol. The molecule has 2 fully saturated rings. The van der Waals surface area contributed by atoms with Gasteiger partial charge in [0.25, 0.3) is 0 Å². The zero-order valence-corrected chi connectivity index (χ0v) is 14.0. The zero-order chi connectivity index (χ0) is 15.6. The lowest BCUT2D eigenvalue weighted by atomic mass is 9.96. The molecule has 0 aliphatic carbocycles. The summed E-state index contributed by atoms with van der Waals surface area (Å²) in [7, 11) is 2.22. The lowest BCUT2D eigenvalue weighted by Gasteiger charge is -2.23. The molecule has 2 aliphatic rings. The van der Waals surface area contributed by atoms with E-state index >= 15 is 0 Å². The Balaban J connectivity index is 1.61. The van der Waals surface area contributed by atoms with Crippen LogP contribution in [0.4, 0.5) is 0 Å². The maximum absolute atomic E-state index is 4.93. The van der Waals surface area contributed by atoms with Crippen molar-refractivity contribution in [2.75, 3.05) is 33.2 Å². The Kier molecular flexibility index (Phi) is 4.31. The summed E-state index contributed by atoms with van der Waals surface area (Å²) in [6, 6.07) is 4.09. The van der Waals surface area contributed by atoms with Crippen molar-refractivity contribution in [1.29, 1.82) is 0 Å². The minimum Gasteiger partial charge on any atom is -0.316 e. The second-order valence-electron chi connectivity index (χ2n) is 7.32. The second-order valence-corrected chi connectivity index (χ2v) is 7.32. The number of piperidine rings is 1. The molecule has 124 valence electrons. The predicted octanol–water partition coefficient (Wildman–Crippen LogP) is 1.93. The van der Waals surface area contributed by atoms with E-state index in [1.165, 1.54) is 44.7 Å². The van der Waals surface area contributed by atoms with Gasteiger partial charge in [-0.05, 0) is 69.9 Å². The van der Waals surface area contributed by atoms with Gasteiger partial charge in [-0.2, -0.15) is 0 Å². The number of aromatic nitrogens is 3. The van der Waals surface area contributed by atoms with E-state index in [0.717, 1.165) is 36.6 Å². The lowest BCUT2D eigenvalue weighted by molar-refractivity contribution is 0.355. The third-order valence-electron chi connectivity index (χ3n) is 5.38. The number of fused-ring (bicyclic) bond motifs is 1. The van der Waals surface area contributed by atoms with Crippen LogP contribution in [-0.2, 0) is 13.0 Å². The number of hydrogen-bond acceptors (Lipinski definition) is 4. The Bertz CT molecular complexity index is 658. The predicted molar refractivity (Wildman–Crippen MR) is 92.4 cm³/mol. The van der Waals surface area contributed by atoms with Crippen molar-refractivity contribution in [3.05, 3.63) is 24.2 Å². The molecule has 0 saturated carbocycles. The molecule has 5 nitrogen and oxygen atoms in total. The van der Waals surface area contributed by atoms with Crippen LogP contribution in [0.5, 0.6) is 0 Å². The molecule has 5 heteroatoms. The van der Waals surface area contributed by atoms with E-state index in [0.29, 0.717) is 5.92 Å². The molecule has 0 bridgehead atoms. The summed E-state index contributed by atoms with van der Waals surface area (Å²) in [6.07, 6.45) is 6.86. The van der Waals surface area contributed by atoms with Gasteiger partial charge in [0.2, 0.25) is 0 Å². The topological polar surface area (TPSA) is 46.0 Å². The van der Waals surface area contributed by atoms with Gasteiger partial charge in [-0.25, -0.2) is 9.97 Å². The molecule has 0 amide bonds. The molecule has 2 aliphatic heterocycles. The van der Waals surface area contributed by atoms with Crippen LogP contribution in [0.15, 0.2) is 18.3 Å². The first-order valence-corrected chi connectivity index (χ1v) is 8.99. The lowest BCUT2D eigenvalue weighted by Crippen LogP contribution is -2.31. The summed E-state index contributed by atoms with van der Waals surface area (Å²) in [5.41, 5.74) is 2.12. The van der Waals surface area contributed by atoms with Gasteiger partial charge in [0.1, 0.15) is 11.3 Å². The van der Waals surface area contributed by atoms with Crippen LogP contribution >= 0.6 is 0 Å². The van der Waals surface area contributed by atoms with Crippen molar-refractivity contribution in [1.82, 2.24) is 24.8 Å². The summed E-state index contributed by atoms with van der Waals surface area (Å²) >= 11 is 0. The molecule has 2 aromatic rings. The number of nitrogens with zero attached hydrogens (tertiary/aromatic N) is 4. The summed E-state index contributed by atoms with van der Waals surface area (Å²) in [5, 5.41) is 3.53. The van der Waals surface area contributed by atoms with E-state index in [2.05, 4.69) is 32.9 Å². The van der Waals surface area contributed by atoms with Gasteiger partial charge >= 0.3 is 0 Å². The Morgan fingerprint density at radius 3 is 3.04 bits per heavy atom. The molecule has 23 heavy (non-hydrogen) atoms. The van der Waals surface area contributed by atoms with Gasteiger partial charge in [0.15, 0.2) is 5.65 Å². The molecule has 4 rings (SSSR count). The second kappa shape index (κ2) is 6.57. The van der Waals surface area contributed by atoms with Crippen molar-refractivity contribution < 1.29 is 0 Å². The Morgan fingerprint density at radius 2 is 2.26 bits per heavy atom. The van der Waals surface area contributed by atoms with Gasteiger partial charge < -0.3 is 14.8 Å². The van der Waals surface area contributed by atoms with Crippen LogP contribution < -0.4 is 5.32 Å². The van der Waals surface area contributed by atoms with Crippen LogP contribution in [0.25, 0.3) is 11.2 Å². The summed E-state index contributed by atoms with van der Waals surface area (Å²) in [4.78, 5) is 12.0. The molecule has 1 N–H and O–H groups in total. The van der Waals surface area contributed by atoms with Crippen molar-refractivity contribution in [3.63, 3.8) is 0 Å². The molecular weight excluding hydrogens is 286 g/mol. The quantitative estimate of drug-likeness (QED) is 0.937. The first-order chi connectivity index (χ1) is 11.3. The average Bonchev–Trinajstić information content (AvgIpc) is 3.13. The first kappa shape index (κ1) is 15.1. The fourth-order valence-electron chi connectivity index (χ4n) is 4.14. The zero-order valence-electron chi connectivity index (χ0n) is 14.0. The highest BCUT2D eigenvalue weighted by Crippen LogP contribution is 2.24. The first-order valence-electron chi connectivity index (χ1n) is 8.99. The van der Waals surface area contributed by atoms with Gasteiger partial charge in [-0.1, -0.05) is 0 Å². The maximum atomic E-state index is 4.93. The minimum absolute atomic E-state index is 0.713. The standard InChI is InChI=1S/C18H27N5/c1-22-9-6-15(12-22)13-23-17(10-14-4-2-7-19-11-14)21-16-5-3-8-20-18(16)23/h3,5,8,14-15,19H,2,4,6-7,9-13H2,1H3. The van der Waals surface area contributed by atoms with Crippen LogP contribution in [0.3, 0.4) is 0 Å². The average molecular weight is 313 g/mol. The van der Waals surface area contributed by atoms with E-state index in [9.17, 15) is 0 Å². The highest BCUT2D eigenvalue weighted by atomic mass is 15.2. The number of pyridine rings is 1. The van der Waals surface area contributed by atoms with Crippen molar-refractivity contribution in [2.45, 2.75) is 32.2 Å². The number of nitrogens with one attached hydrogen (secondary N) is 1. The van der Waals surface area contributed by atoms with Gasteiger partial charge in [0.05, 0.1) is 0 Å². The Morgan fingerprint density at radius 1 is 1.30 bits per heavy atom. The van der Waals surface area contributed by atoms with Gasteiger partial charge in [-0.15, -0.1) is 0 Å². The fourth-order valence-corrected chi connectivity index (χ4v) is 4.14. The summed E-state index contributed by atoms with van der Waals surface area (Å²) in [5.74, 6) is 2.68. The number of hydrogen-bond donors (Lipinski definition) is 1. The van der Waals surface area contributed by atoms with E-state index in [4.69, 9.17) is 4.98 Å². The molecule has 0 aromatic carbocycles. The van der Waals surface area contributed by atoms with Crippen molar-refractivity contribution in [2.24, 2.45) is 11.8 Å². The molecule has 2 atom stereocenters. The van der Waals surface area contributed by atoms with Crippen LogP contribution in [0.2, 0.25) is 0 Å². The molecular formula is C18H27N5. The maximum Gasteiger partial charge on any atom is 0.159 e. The van der Waals surface area contributed by atoms with E-state index in [-0.39, 0.29) is 0 Å². The molecule has 0 spiro atoms. The smallest absolute Gasteiger partial charge is 0.159 e. The third kappa shape index (κ3) is 3.26. The van der Waals surface area contributed by atoms with Crippen LogP contribution in [-0.4, -0.2) is 52.7 Å². The number of imidazole rings is 1. The van der Waals surface area contributed by atoms with E-state index in [1.807, 2.05) is 12.3 Å². The van der Waals surface area contributed by atoms with Crippen LogP contribution in [0, 0.1) is 11.8 Å². The largest absolute Gasteiger partial charge is 0.316 e. The van der Waals surface area contributed by atoms with Crippen LogP contribution in [0.1, 0.15) is 25.1 Å². The molecule has 4 heterocycles. The molecule has 2 aromatic heterocycles. The molecule has 2 unspecified atom stereocenters. The SMILES string of the molecule is CN1CCC(Cn2c(CC3CCCNC3)nc3cccnc32)C1. The Labute approximate surface area is 138 Å². The van der Waals surface area contributed by atoms with Crippen molar-refractivity contribution in [3.8, 4) is 0 Å². The fraction of sp³-hybridized carbons (Fsp3) is 0.667. The highest BCUT2D eigenvalue weighted by molar-refractivity contribution is 5.71. The van der Waals surface area contributed by atoms with Gasteiger partial charge in [-0.3, -0.25) is 0 Å². The van der Waals surface area contributed by atoms with E-state index < -0.39 is 0 Å². The minimum atomic E-state index is 0.713. The summed E-state index contributed by atoms with van der Waals surface area (Å²) in [6.45, 7) is 5.77. The van der Waals surface area contributed by atoms with E-state index in [1.54, 1.807) is 0 Å². The normalized spacial score (nSPS) is 26.1. The van der Waals surface area contributed by atoms with Crippen molar-refractivity contribution >= 4 is 11.2 Å². The number of likely N-dealkylation sites (tertiary alicyclic amines) is 1. The molecule has 0 radical (unpaired) electrons.